The zero-order valence-corrected chi connectivity index (χ0v) is 19.2. The highest BCUT2D eigenvalue weighted by Crippen LogP contribution is 2.53. The van der Waals surface area contributed by atoms with Crippen LogP contribution in [0.15, 0.2) is 47.6 Å². The van der Waals surface area contributed by atoms with Gasteiger partial charge in [0, 0.05) is 0 Å². The number of allylic oxidation sites excluding steroid dienone is 6. The quantitative estimate of drug-likeness (QED) is 0.568. The molecular formula is C25H36N5+. The van der Waals surface area contributed by atoms with Crippen LogP contribution in [0.2, 0.25) is 0 Å². The predicted molar refractivity (Wildman–Crippen MR) is 123 cm³/mol. The number of aromatic nitrogens is 4. The minimum absolute atomic E-state index is 0.375. The number of aryl methyl sites for hydroxylation is 1. The fraction of sp³-hybridized carbons (Fsp3) is 0.560. The topological polar surface area (TPSA) is 60.6 Å². The molecule has 5 nitrogen and oxygen atoms in total. The molecule has 5 heteroatoms. The highest BCUT2D eigenvalue weighted by molar-refractivity contribution is 5.79. The molecule has 0 aromatic carbocycles. The molecule has 30 heavy (non-hydrogen) atoms. The zero-order valence-electron chi connectivity index (χ0n) is 19.2. The number of imidazole rings is 1. The van der Waals surface area contributed by atoms with Crippen molar-refractivity contribution in [2.45, 2.75) is 66.3 Å². The first-order valence-electron chi connectivity index (χ1n) is 11.3. The van der Waals surface area contributed by atoms with E-state index in [2.05, 4.69) is 66.8 Å². The lowest BCUT2D eigenvalue weighted by molar-refractivity contribution is -0.647. The van der Waals surface area contributed by atoms with Crippen molar-refractivity contribution in [1.29, 1.82) is 0 Å². The van der Waals surface area contributed by atoms with Crippen molar-refractivity contribution in [1.82, 2.24) is 14.5 Å². The second-order valence-corrected chi connectivity index (χ2v) is 9.68. The Bertz CT molecular complexity index is 1040. The summed E-state index contributed by atoms with van der Waals surface area (Å²) in [6.45, 7) is 10.4. The van der Waals surface area contributed by atoms with E-state index in [1.165, 1.54) is 43.2 Å². The molecule has 2 aromatic rings. The van der Waals surface area contributed by atoms with E-state index < -0.39 is 0 Å². The first kappa shape index (κ1) is 20.8. The third-order valence-corrected chi connectivity index (χ3v) is 7.81. The van der Waals surface area contributed by atoms with Gasteiger partial charge in [-0.1, -0.05) is 48.2 Å². The van der Waals surface area contributed by atoms with Crippen molar-refractivity contribution in [2.75, 3.05) is 5.73 Å². The van der Waals surface area contributed by atoms with Crippen molar-refractivity contribution in [3.63, 3.8) is 0 Å². The van der Waals surface area contributed by atoms with Gasteiger partial charge in [0.25, 0.3) is 0 Å². The van der Waals surface area contributed by atoms with Crippen LogP contribution in [0.3, 0.4) is 0 Å². The normalized spacial score (nSPS) is 27.0. The van der Waals surface area contributed by atoms with Crippen molar-refractivity contribution in [2.24, 2.45) is 24.3 Å². The second-order valence-electron chi connectivity index (χ2n) is 9.68. The average molecular weight is 407 g/mol. The molecule has 0 amide bonds. The third kappa shape index (κ3) is 3.59. The van der Waals surface area contributed by atoms with E-state index in [9.17, 15) is 0 Å². The number of anilines is 1. The molecule has 2 aliphatic carbocycles. The van der Waals surface area contributed by atoms with E-state index in [1.54, 1.807) is 5.57 Å². The summed E-state index contributed by atoms with van der Waals surface area (Å²) in [5, 5.41) is 0. The summed E-state index contributed by atoms with van der Waals surface area (Å²) in [6, 6.07) is 0. The van der Waals surface area contributed by atoms with Crippen LogP contribution < -0.4 is 10.3 Å². The lowest BCUT2D eigenvalue weighted by Gasteiger charge is -2.48. The van der Waals surface area contributed by atoms with Gasteiger partial charge in [-0.25, -0.2) is 4.57 Å². The van der Waals surface area contributed by atoms with E-state index in [-0.39, 0.29) is 0 Å². The summed E-state index contributed by atoms with van der Waals surface area (Å²) in [7, 11) is 2.00. The summed E-state index contributed by atoms with van der Waals surface area (Å²) < 4.78 is 4.16. The number of nitrogens with zero attached hydrogens (tertiary/aromatic N) is 4. The Labute approximate surface area is 180 Å². The molecule has 2 N–H and O–H groups in total. The predicted octanol–water partition coefficient (Wildman–Crippen LogP) is 4.89. The Morgan fingerprint density at radius 1 is 1.37 bits per heavy atom. The average Bonchev–Trinajstić information content (AvgIpc) is 3.05. The maximum Gasteiger partial charge on any atom is 0.307 e. The van der Waals surface area contributed by atoms with Gasteiger partial charge in [-0.05, 0) is 68.8 Å². The van der Waals surface area contributed by atoms with Crippen LogP contribution in [0.4, 0.5) is 5.82 Å². The van der Waals surface area contributed by atoms with Crippen LogP contribution in [0, 0.1) is 17.3 Å². The molecule has 0 unspecified atom stereocenters. The Hall–Kier alpha value is -2.43. The van der Waals surface area contributed by atoms with Crippen LogP contribution in [-0.4, -0.2) is 14.5 Å². The third-order valence-electron chi connectivity index (χ3n) is 7.81. The maximum atomic E-state index is 6.12. The molecule has 2 aliphatic rings. The number of hydrogen-bond acceptors (Lipinski definition) is 3. The highest BCUT2D eigenvalue weighted by Gasteiger charge is 2.43. The Morgan fingerprint density at radius 2 is 2.17 bits per heavy atom. The van der Waals surface area contributed by atoms with Gasteiger partial charge in [-0.15, -0.1) is 0 Å². The molecule has 2 aromatic heterocycles. The van der Waals surface area contributed by atoms with Crippen LogP contribution in [0.1, 0.15) is 59.8 Å². The number of rotatable bonds is 5. The first-order chi connectivity index (χ1) is 14.3. The first-order valence-corrected chi connectivity index (χ1v) is 11.3. The van der Waals surface area contributed by atoms with E-state index in [0.29, 0.717) is 17.2 Å². The Morgan fingerprint density at radius 3 is 2.97 bits per heavy atom. The number of nitrogen functional groups attached to an aromatic ring is 1. The minimum Gasteiger partial charge on any atom is -0.380 e. The monoisotopic (exact) mass is 406 g/mol. The molecular weight excluding hydrogens is 370 g/mol. The molecule has 0 aliphatic heterocycles. The van der Waals surface area contributed by atoms with E-state index in [4.69, 9.17) is 5.73 Å². The molecule has 0 saturated heterocycles. The number of fused-ring (bicyclic) bond motifs is 2. The molecule has 0 spiro atoms. The van der Waals surface area contributed by atoms with Crippen LogP contribution in [-0.2, 0) is 13.6 Å². The van der Waals surface area contributed by atoms with Gasteiger partial charge >= 0.3 is 5.65 Å². The van der Waals surface area contributed by atoms with Crippen LogP contribution in [0.25, 0.3) is 11.2 Å². The molecule has 2 heterocycles. The standard InChI is InChI=1S/C25H36N5/c1-17(12-14-30-16-29(5)24-22(30)23(26)27-15-28-24)11-13-25(4)19(3)9-10-20-18(2)7-6-8-21(20)25/h7,10,12,15-16,19,21H,6,8-9,11,13-14H2,1-5H3,(H2,26,27,28)/q+1/b17-12+/t19-,21+,25+/m1/s1. The lowest BCUT2D eigenvalue weighted by Crippen LogP contribution is -2.39. The van der Waals surface area contributed by atoms with Gasteiger partial charge in [0.2, 0.25) is 5.52 Å². The maximum absolute atomic E-state index is 6.12. The smallest absolute Gasteiger partial charge is 0.307 e. The van der Waals surface area contributed by atoms with Gasteiger partial charge in [0.15, 0.2) is 18.5 Å². The second kappa shape index (κ2) is 8.01. The summed E-state index contributed by atoms with van der Waals surface area (Å²) in [4.78, 5) is 8.54. The largest absolute Gasteiger partial charge is 0.380 e. The minimum atomic E-state index is 0.375. The zero-order chi connectivity index (χ0) is 21.5. The number of nitrogens with two attached hydrogens (primary N) is 1. The van der Waals surface area contributed by atoms with Crippen LogP contribution in [0.5, 0.6) is 0 Å². The van der Waals surface area contributed by atoms with Gasteiger partial charge < -0.3 is 5.73 Å². The van der Waals surface area contributed by atoms with Crippen molar-refractivity contribution < 1.29 is 4.57 Å². The molecule has 4 rings (SSSR count). The van der Waals surface area contributed by atoms with Crippen molar-refractivity contribution in [3.05, 3.63) is 47.6 Å². The van der Waals surface area contributed by atoms with Gasteiger partial charge in [-0.2, -0.15) is 4.98 Å². The van der Waals surface area contributed by atoms with Crippen molar-refractivity contribution >= 4 is 17.0 Å². The summed E-state index contributed by atoms with van der Waals surface area (Å²) in [5.41, 5.74) is 12.9. The van der Waals surface area contributed by atoms with Gasteiger partial charge in [0.1, 0.15) is 0 Å². The molecule has 0 fully saturated rings. The highest BCUT2D eigenvalue weighted by atomic mass is 15.2. The van der Waals surface area contributed by atoms with E-state index >= 15 is 0 Å². The van der Waals surface area contributed by atoms with Crippen molar-refractivity contribution in [3.8, 4) is 0 Å². The van der Waals surface area contributed by atoms with E-state index in [1.807, 2.05) is 11.6 Å². The molecule has 0 bridgehead atoms. The molecule has 0 saturated carbocycles. The SMILES string of the molecule is CC1=CCC[C@H]2C1=CC[C@@H](C)[C@]2(C)CC/C(C)=C/Cn1c[n+](C)c2ncnc(N)c21. The van der Waals surface area contributed by atoms with Gasteiger partial charge in [-0.3, -0.25) is 4.57 Å². The summed E-state index contributed by atoms with van der Waals surface area (Å²) in [6.07, 6.45) is 17.0. The molecule has 0 radical (unpaired) electrons. The lowest BCUT2D eigenvalue weighted by atomic mass is 9.56. The fourth-order valence-corrected chi connectivity index (χ4v) is 5.54. The Balaban J connectivity index is 1.48. The summed E-state index contributed by atoms with van der Waals surface area (Å²) in [5.74, 6) is 1.98. The van der Waals surface area contributed by atoms with Crippen LogP contribution >= 0.6 is 0 Å². The number of hydrogen-bond donors (Lipinski definition) is 1. The summed E-state index contributed by atoms with van der Waals surface area (Å²) >= 11 is 0. The Kier molecular flexibility index (Phi) is 5.56. The fourth-order valence-electron chi connectivity index (χ4n) is 5.54. The van der Waals surface area contributed by atoms with E-state index in [0.717, 1.165) is 30.0 Å². The molecule has 3 atom stereocenters. The van der Waals surface area contributed by atoms with Gasteiger partial charge in [0.05, 0.1) is 13.6 Å². The molecule has 160 valence electrons.